The third-order valence-electron chi connectivity index (χ3n) is 1.42. The van der Waals surface area contributed by atoms with Gasteiger partial charge < -0.3 is 5.73 Å². The summed E-state index contributed by atoms with van der Waals surface area (Å²) in [5, 5.41) is 0.882. The van der Waals surface area contributed by atoms with Crippen LogP contribution >= 0.6 is 23.2 Å². The average molecular weight is 191 g/mol. The molecule has 0 bridgehead atoms. The average Bonchev–Trinajstić information content (AvgIpc) is 2.01. The van der Waals surface area contributed by atoms with Crippen molar-refractivity contribution < 1.29 is 0 Å². The molecular weight excluding hydrogens is 183 g/mol. The number of hydrogen-bond donors (Lipinski definition) is 1. The molecule has 2 nitrogen and oxygen atoms in total. The van der Waals surface area contributed by atoms with Crippen LogP contribution in [0.2, 0.25) is 10.0 Å². The van der Waals surface area contributed by atoms with E-state index in [1.807, 2.05) is 6.92 Å². The minimum Gasteiger partial charge on any atom is -0.396 e. The molecule has 2 N–H and O–H groups in total. The van der Waals surface area contributed by atoms with Crippen molar-refractivity contribution >= 4 is 28.9 Å². The molecule has 0 aliphatic carbocycles. The Balaban J connectivity index is 3.25. The van der Waals surface area contributed by atoms with Gasteiger partial charge >= 0.3 is 0 Å². The molecule has 0 saturated carbocycles. The molecule has 1 rings (SSSR count). The number of aromatic nitrogens is 1. The van der Waals surface area contributed by atoms with E-state index >= 15 is 0 Å². The second kappa shape index (κ2) is 3.28. The zero-order chi connectivity index (χ0) is 8.43. The van der Waals surface area contributed by atoms with Crippen molar-refractivity contribution in [3.8, 4) is 0 Å². The standard InChI is InChI=1S/C7H8Cl2N2/c1-2-5-6(9)7(10)4(8)3-11-5/h3H,2H2,1H3,(H2,10,11). The molecule has 0 atom stereocenters. The van der Waals surface area contributed by atoms with Crippen LogP contribution in [0, 0.1) is 0 Å². The van der Waals surface area contributed by atoms with Gasteiger partial charge in [-0.3, -0.25) is 4.98 Å². The zero-order valence-electron chi connectivity index (χ0n) is 6.06. The maximum absolute atomic E-state index is 5.83. The summed E-state index contributed by atoms with van der Waals surface area (Å²) in [4.78, 5) is 4.01. The number of halogens is 2. The van der Waals surface area contributed by atoms with Crippen LogP contribution in [0.15, 0.2) is 6.20 Å². The highest BCUT2D eigenvalue weighted by atomic mass is 35.5. The zero-order valence-corrected chi connectivity index (χ0v) is 7.58. The number of rotatable bonds is 1. The molecular formula is C7H8Cl2N2. The number of nitrogen functional groups attached to an aromatic ring is 1. The van der Waals surface area contributed by atoms with Gasteiger partial charge in [-0.05, 0) is 6.42 Å². The summed E-state index contributed by atoms with van der Waals surface area (Å²) >= 11 is 11.5. The number of nitrogens with zero attached hydrogens (tertiary/aromatic N) is 1. The highest BCUT2D eigenvalue weighted by molar-refractivity contribution is 6.39. The van der Waals surface area contributed by atoms with E-state index in [2.05, 4.69) is 4.98 Å². The monoisotopic (exact) mass is 190 g/mol. The lowest BCUT2D eigenvalue weighted by molar-refractivity contribution is 1.04. The van der Waals surface area contributed by atoms with E-state index in [-0.39, 0.29) is 0 Å². The molecule has 0 amide bonds. The van der Waals surface area contributed by atoms with Crippen LogP contribution in [0.5, 0.6) is 0 Å². The molecule has 11 heavy (non-hydrogen) atoms. The Hall–Kier alpha value is -0.470. The summed E-state index contributed by atoms with van der Waals surface area (Å²) in [6.07, 6.45) is 2.28. The second-order valence-corrected chi connectivity index (χ2v) is 2.92. The lowest BCUT2D eigenvalue weighted by Gasteiger charge is -2.03. The van der Waals surface area contributed by atoms with Gasteiger partial charge in [-0.25, -0.2) is 0 Å². The van der Waals surface area contributed by atoms with Crippen molar-refractivity contribution in [1.82, 2.24) is 4.98 Å². The minimum absolute atomic E-state index is 0.409. The topological polar surface area (TPSA) is 38.9 Å². The first kappa shape index (κ1) is 8.62. The van der Waals surface area contributed by atoms with Crippen molar-refractivity contribution in [3.63, 3.8) is 0 Å². The molecule has 0 saturated heterocycles. The van der Waals surface area contributed by atoms with Gasteiger partial charge in [-0.2, -0.15) is 0 Å². The van der Waals surface area contributed by atoms with Crippen molar-refractivity contribution in [1.29, 1.82) is 0 Å². The van der Waals surface area contributed by atoms with Gasteiger partial charge in [-0.1, -0.05) is 30.1 Å². The number of hydrogen-bond acceptors (Lipinski definition) is 2. The first-order valence-corrected chi connectivity index (χ1v) is 4.00. The van der Waals surface area contributed by atoms with Crippen LogP contribution in [-0.4, -0.2) is 4.98 Å². The quantitative estimate of drug-likeness (QED) is 0.740. The van der Waals surface area contributed by atoms with Crippen LogP contribution < -0.4 is 5.73 Å². The summed E-state index contributed by atoms with van der Waals surface area (Å²) in [7, 11) is 0. The van der Waals surface area contributed by atoms with E-state index in [0.717, 1.165) is 12.1 Å². The largest absolute Gasteiger partial charge is 0.396 e. The maximum Gasteiger partial charge on any atom is 0.0865 e. The molecule has 1 aromatic heterocycles. The first-order chi connectivity index (χ1) is 5.16. The first-order valence-electron chi connectivity index (χ1n) is 3.25. The lowest BCUT2D eigenvalue weighted by Crippen LogP contribution is -1.95. The Kier molecular flexibility index (Phi) is 2.58. The van der Waals surface area contributed by atoms with E-state index in [1.165, 1.54) is 6.20 Å². The van der Waals surface area contributed by atoms with Gasteiger partial charge in [0, 0.05) is 6.20 Å². The molecule has 0 fully saturated rings. The van der Waals surface area contributed by atoms with Crippen LogP contribution in [0.25, 0.3) is 0 Å². The molecule has 0 radical (unpaired) electrons. The van der Waals surface area contributed by atoms with Crippen molar-refractivity contribution in [2.45, 2.75) is 13.3 Å². The summed E-state index contributed by atoms with van der Waals surface area (Å²) in [5.74, 6) is 0. The molecule has 0 aromatic carbocycles. The summed E-state index contributed by atoms with van der Waals surface area (Å²) < 4.78 is 0. The number of pyridine rings is 1. The molecule has 4 heteroatoms. The molecule has 60 valence electrons. The Morgan fingerprint density at radius 3 is 2.73 bits per heavy atom. The van der Waals surface area contributed by atoms with Gasteiger partial charge in [0.1, 0.15) is 0 Å². The van der Waals surface area contributed by atoms with E-state index in [0.29, 0.717) is 15.7 Å². The summed E-state index contributed by atoms with van der Waals surface area (Å²) in [6.45, 7) is 1.96. The summed E-state index contributed by atoms with van der Waals surface area (Å²) in [5.41, 5.74) is 6.76. The van der Waals surface area contributed by atoms with Gasteiger partial charge in [0.2, 0.25) is 0 Å². The number of anilines is 1. The van der Waals surface area contributed by atoms with E-state index in [9.17, 15) is 0 Å². The third-order valence-corrected chi connectivity index (χ3v) is 2.14. The molecule has 0 aliphatic rings. The van der Waals surface area contributed by atoms with E-state index in [4.69, 9.17) is 28.9 Å². The van der Waals surface area contributed by atoms with Gasteiger partial charge in [-0.15, -0.1) is 0 Å². The fraction of sp³-hybridized carbons (Fsp3) is 0.286. The Morgan fingerprint density at radius 2 is 2.18 bits per heavy atom. The van der Waals surface area contributed by atoms with Gasteiger partial charge in [0.05, 0.1) is 21.4 Å². The highest BCUT2D eigenvalue weighted by Crippen LogP contribution is 2.28. The smallest absolute Gasteiger partial charge is 0.0865 e. The van der Waals surface area contributed by atoms with Crippen LogP contribution in [0.1, 0.15) is 12.6 Å². The maximum atomic E-state index is 5.83. The van der Waals surface area contributed by atoms with E-state index < -0.39 is 0 Å². The summed E-state index contributed by atoms with van der Waals surface area (Å²) in [6, 6.07) is 0. The van der Waals surface area contributed by atoms with Crippen molar-refractivity contribution in [2.24, 2.45) is 0 Å². The Labute approximate surface area is 75.3 Å². The van der Waals surface area contributed by atoms with Crippen molar-refractivity contribution in [3.05, 3.63) is 21.9 Å². The second-order valence-electron chi connectivity index (χ2n) is 2.13. The molecule has 0 unspecified atom stereocenters. The third kappa shape index (κ3) is 1.57. The van der Waals surface area contributed by atoms with Crippen molar-refractivity contribution in [2.75, 3.05) is 5.73 Å². The molecule has 1 heterocycles. The Bertz CT molecular complexity index is 273. The molecule has 1 aromatic rings. The van der Waals surface area contributed by atoms with Gasteiger partial charge in [0.25, 0.3) is 0 Å². The normalized spacial score (nSPS) is 10.1. The van der Waals surface area contributed by atoms with Crippen LogP contribution in [0.4, 0.5) is 5.69 Å². The van der Waals surface area contributed by atoms with Crippen LogP contribution in [-0.2, 0) is 6.42 Å². The van der Waals surface area contributed by atoms with Gasteiger partial charge in [0.15, 0.2) is 0 Å². The fourth-order valence-electron chi connectivity index (χ4n) is 0.768. The Morgan fingerprint density at radius 1 is 1.55 bits per heavy atom. The molecule has 0 aliphatic heterocycles. The lowest BCUT2D eigenvalue weighted by atomic mass is 10.3. The van der Waals surface area contributed by atoms with E-state index in [1.54, 1.807) is 0 Å². The SMILES string of the molecule is CCc1ncc(Cl)c(N)c1Cl. The predicted octanol–water partition coefficient (Wildman–Crippen LogP) is 2.53. The highest BCUT2D eigenvalue weighted by Gasteiger charge is 2.06. The molecule has 0 spiro atoms. The minimum atomic E-state index is 0.409. The number of aryl methyl sites for hydroxylation is 1. The fourth-order valence-corrected chi connectivity index (χ4v) is 1.24. The van der Waals surface area contributed by atoms with Crippen LogP contribution in [0.3, 0.4) is 0 Å². The number of nitrogens with two attached hydrogens (primary N) is 1. The predicted molar refractivity (Wildman–Crippen MR) is 48.0 cm³/mol.